The molecule has 4 aromatic rings. The molecule has 146 valence electrons. The summed E-state index contributed by atoms with van der Waals surface area (Å²) >= 11 is 0. The van der Waals surface area contributed by atoms with Crippen molar-refractivity contribution >= 4 is 17.2 Å². The number of phenols is 1. The van der Waals surface area contributed by atoms with Crippen LogP contribution < -0.4 is 4.90 Å². The number of phenolic OH excluding ortho intramolecular Hbond substituents is 1. The Labute approximate surface area is 169 Å². The van der Waals surface area contributed by atoms with Gasteiger partial charge in [-0.3, -0.25) is 4.79 Å². The highest BCUT2D eigenvalue weighted by Gasteiger charge is 2.22. The number of benzene rings is 2. The first-order chi connectivity index (χ1) is 13.9. The predicted octanol–water partition coefficient (Wildman–Crippen LogP) is 3.92. The van der Waals surface area contributed by atoms with Gasteiger partial charge in [0.2, 0.25) is 5.91 Å². The standard InChI is InChI=1S/C23H22N4O2/c1-15-13-16(2)27-23(24-15)20(22(25-27)17-9-11-19(28)12-10-17)14-21(29)26(3)18-7-5-4-6-8-18/h4-13,28H,14H2,1-3H3. The number of hydrogen-bond acceptors (Lipinski definition) is 4. The molecule has 2 heterocycles. The third-order valence-electron chi connectivity index (χ3n) is 4.98. The molecule has 1 N–H and O–H groups in total. The lowest BCUT2D eigenvalue weighted by Crippen LogP contribution is -2.28. The van der Waals surface area contributed by atoms with E-state index >= 15 is 0 Å². The summed E-state index contributed by atoms with van der Waals surface area (Å²) in [6.07, 6.45) is 0.168. The molecule has 0 aliphatic rings. The van der Waals surface area contributed by atoms with Crippen LogP contribution in [0, 0.1) is 13.8 Å². The van der Waals surface area contributed by atoms with Gasteiger partial charge in [0.25, 0.3) is 0 Å². The van der Waals surface area contributed by atoms with Crippen molar-refractivity contribution in [3.8, 4) is 17.0 Å². The van der Waals surface area contributed by atoms with Crippen molar-refractivity contribution in [2.45, 2.75) is 20.3 Å². The Balaban J connectivity index is 1.82. The van der Waals surface area contributed by atoms with Crippen molar-refractivity contribution in [2.24, 2.45) is 0 Å². The monoisotopic (exact) mass is 386 g/mol. The zero-order chi connectivity index (χ0) is 20.5. The summed E-state index contributed by atoms with van der Waals surface area (Å²) in [5, 5.41) is 14.4. The Morgan fingerprint density at radius 2 is 1.76 bits per heavy atom. The van der Waals surface area contributed by atoms with E-state index in [9.17, 15) is 9.90 Å². The van der Waals surface area contributed by atoms with Crippen molar-refractivity contribution in [1.29, 1.82) is 0 Å². The molecule has 6 nitrogen and oxygen atoms in total. The van der Waals surface area contributed by atoms with Gasteiger partial charge in [-0.05, 0) is 56.3 Å². The predicted molar refractivity (Wildman–Crippen MR) is 113 cm³/mol. The van der Waals surface area contributed by atoms with Crippen molar-refractivity contribution in [2.75, 3.05) is 11.9 Å². The Morgan fingerprint density at radius 3 is 2.45 bits per heavy atom. The van der Waals surface area contributed by atoms with Gasteiger partial charge in [-0.2, -0.15) is 5.10 Å². The summed E-state index contributed by atoms with van der Waals surface area (Å²) in [4.78, 5) is 19.4. The summed E-state index contributed by atoms with van der Waals surface area (Å²) < 4.78 is 1.78. The maximum Gasteiger partial charge on any atom is 0.231 e. The Hall–Kier alpha value is -3.67. The largest absolute Gasteiger partial charge is 0.508 e. The molecule has 0 saturated carbocycles. The molecule has 0 unspecified atom stereocenters. The number of nitrogens with zero attached hydrogens (tertiary/aromatic N) is 4. The number of amides is 1. The molecule has 2 aromatic heterocycles. The van der Waals surface area contributed by atoms with Crippen LogP contribution in [-0.2, 0) is 11.2 Å². The number of para-hydroxylation sites is 1. The first-order valence-electron chi connectivity index (χ1n) is 9.41. The smallest absolute Gasteiger partial charge is 0.231 e. The molecular weight excluding hydrogens is 364 g/mol. The highest BCUT2D eigenvalue weighted by molar-refractivity contribution is 5.96. The van der Waals surface area contributed by atoms with Gasteiger partial charge < -0.3 is 10.0 Å². The third kappa shape index (κ3) is 3.57. The number of likely N-dealkylation sites (N-methyl/N-ethyl adjacent to an activating group) is 1. The van der Waals surface area contributed by atoms with E-state index in [4.69, 9.17) is 5.10 Å². The molecule has 0 radical (unpaired) electrons. The molecule has 2 aromatic carbocycles. The minimum atomic E-state index is -0.0490. The zero-order valence-electron chi connectivity index (χ0n) is 16.6. The Bertz CT molecular complexity index is 1180. The quantitative estimate of drug-likeness (QED) is 0.577. The zero-order valence-corrected chi connectivity index (χ0v) is 16.6. The van der Waals surface area contributed by atoms with Crippen LogP contribution in [0.1, 0.15) is 17.0 Å². The van der Waals surface area contributed by atoms with Gasteiger partial charge in [-0.15, -0.1) is 0 Å². The summed E-state index contributed by atoms with van der Waals surface area (Å²) in [5.41, 5.74) is 5.63. The van der Waals surface area contributed by atoms with Crippen LogP contribution in [0.3, 0.4) is 0 Å². The fraction of sp³-hybridized carbons (Fsp3) is 0.174. The second-order valence-electron chi connectivity index (χ2n) is 7.11. The molecule has 1 amide bonds. The molecule has 0 spiro atoms. The first-order valence-corrected chi connectivity index (χ1v) is 9.41. The fourth-order valence-corrected chi connectivity index (χ4v) is 3.44. The second-order valence-corrected chi connectivity index (χ2v) is 7.11. The van der Waals surface area contributed by atoms with E-state index in [1.54, 1.807) is 40.7 Å². The molecule has 0 aliphatic heterocycles. The van der Waals surface area contributed by atoms with Crippen molar-refractivity contribution < 1.29 is 9.90 Å². The molecule has 4 rings (SSSR count). The lowest BCUT2D eigenvalue weighted by molar-refractivity contribution is -0.117. The van der Waals surface area contributed by atoms with Crippen molar-refractivity contribution in [1.82, 2.24) is 14.6 Å². The normalized spacial score (nSPS) is 11.0. The van der Waals surface area contributed by atoms with Crippen molar-refractivity contribution in [3.05, 3.63) is 77.6 Å². The van der Waals surface area contributed by atoms with E-state index in [2.05, 4.69) is 4.98 Å². The number of carbonyl (C=O) groups is 1. The Kier molecular flexibility index (Phi) is 4.76. The maximum absolute atomic E-state index is 13.1. The number of aromatic nitrogens is 3. The van der Waals surface area contributed by atoms with Gasteiger partial charge in [0.15, 0.2) is 5.65 Å². The number of carbonyl (C=O) groups excluding carboxylic acids is 1. The summed E-state index contributed by atoms with van der Waals surface area (Å²) in [7, 11) is 1.77. The topological polar surface area (TPSA) is 70.7 Å². The van der Waals surface area contributed by atoms with Crippen LogP contribution in [0.5, 0.6) is 5.75 Å². The molecule has 0 saturated heterocycles. The first kappa shape index (κ1) is 18.7. The number of rotatable bonds is 4. The van der Waals surface area contributed by atoms with E-state index in [0.29, 0.717) is 11.3 Å². The van der Waals surface area contributed by atoms with Crippen molar-refractivity contribution in [3.63, 3.8) is 0 Å². The van der Waals surface area contributed by atoms with Gasteiger partial charge in [-0.1, -0.05) is 18.2 Å². The minimum absolute atomic E-state index is 0.0490. The fourth-order valence-electron chi connectivity index (χ4n) is 3.44. The van der Waals surface area contributed by atoms with Gasteiger partial charge in [0, 0.05) is 35.2 Å². The van der Waals surface area contributed by atoms with Gasteiger partial charge in [0.1, 0.15) is 5.75 Å². The van der Waals surface area contributed by atoms with Crippen LogP contribution >= 0.6 is 0 Å². The molecule has 0 fully saturated rings. The maximum atomic E-state index is 13.1. The average Bonchev–Trinajstić information content (AvgIpc) is 3.07. The molecule has 29 heavy (non-hydrogen) atoms. The number of aryl methyl sites for hydroxylation is 2. The van der Waals surface area contributed by atoms with E-state index < -0.39 is 0 Å². The molecule has 6 heteroatoms. The minimum Gasteiger partial charge on any atom is -0.508 e. The summed E-state index contributed by atoms with van der Waals surface area (Å²) in [5.74, 6) is 0.135. The van der Waals surface area contributed by atoms with Crippen LogP contribution in [0.2, 0.25) is 0 Å². The average molecular weight is 386 g/mol. The van der Waals surface area contributed by atoms with Crippen LogP contribution in [-0.4, -0.2) is 32.7 Å². The lowest BCUT2D eigenvalue weighted by atomic mass is 10.0. The van der Waals surface area contributed by atoms with E-state index in [-0.39, 0.29) is 18.1 Å². The highest BCUT2D eigenvalue weighted by atomic mass is 16.3. The van der Waals surface area contributed by atoms with Crippen LogP contribution in [0.25, 0.3) is 16.9 Å². The molecular formula is C23H22N4O2. The number of aromatic hydroxyl groups is 1. The summed E-state index contributed by atoms with van der Waals surface area (Å²) in [6, 6.07) is 18.3. The Morgan fingerprint density at radius 1 is 1.07 bits per heavy atom. The third-order valence-corrected chi connectivity index (χ3v) is 4.98. The number of hydrogen-bond donors (Lipinski definition) is 1. The summed E-state index contributed by atoms with van der Waals surface area (Å²) in [6.45, 7) is 3.90. The second kappa shape index (κ2) is 7.39. The van der Waals surface area contributed by atoms with Gasteiger partial charge in [-0.25, -0.2) is 9.50 Å². The number of anilines is 1. The molecule has 0 bridgehead atoms. The van der Waals surface area contributed by atoms with E-state index in [1.807, 2.05) is 50.2 Å². The highest BCUT2D eigenvalue weighted by Crippen LogP contribution is 2.29. The van der Waals surface area contributed by atoms with Crippen LogP contribution in [0.4, 0.5) is 5.69 Å². The van der Waals surface area contributed by atoms with Crippen LogP contribution in [0.15, 0.2) is 60.7 Å². The van der Waals surface area contributed by atoms with E-state index in [0.717, 1.165) is 28.2 Å². The lowest BCUT2D eigenvalue weighted by Gasteiger charge is -2.17. The molecule has 0 aliphatic carbocycles. The van der Waals surface area contributed by atoms with Gasteiger partial charge >= 0.3 is 0 Å². The molecule has 0 atom stereocenters. The SMILES string of the molecule is Cc1cc(C)n2nc(-c3ccc(O)cc3)c(CC(=O)N(C)c3ccccc3)c2n1. The van der Waals surface area contributed by atoms with E-state index in [1.165, 1.54) is 0 Å². The van der Waals surface area contributed by atoms with Gasteiger partial charge in [0.05, 0.1) is 12.1 Å². The number of fused-ring (bicyclic) bond motifs is 1.